The molecule has 0 bridgehead atoms. The summed E-state index contributed by atoms with van der Waals surface area (Å²) in [5.74, 6) is 0.489. The van der Waals surface area contributed by atoms with E-state index in [1.165, 1.54) is 0 Å². The van der Waals surface area contributed by atoms with Gasteiger partial charge in [0.15, 0.2) is 0 Å². The summed E-state index contributed by atoms with van der Waals surface area (Å²) in [6, 6.07) is 6.40. The van der Waals surface area contributed by atoms with Gasteiger partial charge in [-0.2, -0.15) is 0 Å². The fourth-order valence-corrected chi connectivity index (χ4v) is 3.92. The summed E-state index contributed by atoms with van der Waals surface area (Å²) in [6.45, 7) is 4.81. The van der Waals surface area contributed by atoms with Crippen molar-refractivity contribution in [2.45, 2.75) is 38.3 Å². The van der Waals surface area contributed by atoms with Gasteiger partial charge in [-0.25, -0.2) is 0 Å². The van der Waals surface area contributed by atoms with Crippen LogP contribution in [0.5, 0.6) is 0 Å². The first kappa shape index (κ1) is 16.5. The number of rotatable bonds is 4. The predicted molar refractivity (Wildman–Crippen MR) is 93.6 cm³/mol. The van der Waals surface area contributed by atoms with Crippen molar-refractivity contribution in [1.29, 1.82) is 0 Å². The van der Waals surface area contributed by atoms with E-state index in [1.807, 2.05) is 34.2 Å². The number of likely N-dealkylation sites (tertiary alicyclic amines) is 1. The summed E-state index contributed by atoms with van der Waals surface area (Å²) in [6.07, 6.45) is 5.30. The fourth-order valence-electron chi connectivity index (χ4n) is 3.92. The van der Waals surface area contributed by atoms with Crippen LogP contribution in [0.25, 0.3) is 0 Å². The third-order valence-electron chi connectivity index (χ3n) is 5.58. The molecule has 2 amide bonds. The van der Waals surface area contributed by atoms with Gasteiger partial charge in [-0.05, 0) is 31.4 Å². The van der Waals surface area contributed by atoms with Gasteiger partial charge in [-0.15, -0.1) is 0 Å². The summed E-state index contributed by atoms with van der Waals surface area (Å²) >= 11 is 0. The highest BCUT2D eigenvalue weighted by atomic mass is 16.2. The number of amides is 2. The second kappa shape index (κ2) is 7.12. The topological polar surface area (TPSA) is 56.8 Å². The third kappa shape index (κ3) is 3.84. The highest BCUT2D eigenvalue weighted by Crippen LogP contribution is 2.32. The Labute approximate surface area is 148 Å². The van der Waals surface area contributed by atoms with E-state index < -0.39 is 0 Å². The van der Waals surface area contributed by atoms with Crippen molar-refractivity contribution in [3.63, 3.8) is 0 Å². The monoisotopic (exact) mass is 342 g/mol. The minimum atomic E-state index is 0.000593. The predicted octanol–water partition coefficient (Wildman–Crippen LogP) is 1.13. The second-order valence-corrected chi connectivity index (χ2v) is 7.44. The van der Waals surface area contributed by atoms with Gasteiger partial charge < -0.3 is 9.80 Å². The number of hydrogen-bond acceptors (Lipinski definition) is 4. The molecule has 25 heavy (non-hydrogen) atoms. The van der Waals surface area contributed by atoms with Gasteiger partial charge in [0.25, 0.3) is 0 Å². The highest BCUT2D eigenvalue weighted by molar-refractivity contribution is 5.84. The van der Waals surface area contributed by atoms with Crippen molar-refractivity contribution >= 4 is 11.8 Å². The molecular formula is C19H26N4O2. The molecule has 3 heterocycles. The summed E-state index contributed by atoms with van der Waals surface area (Å²) < 4.78 is 0. The fraction of sp³-hybridized carbons (Fsp3) is 0.632. The Morgan fingerprint density at radius 2 is 1.92 bits per heavy atom. The van der Waals surface area contributed by atoms with Crippen LogP contribution in [0.4, 0.5) is 0 Å². The maximum Gasteiger partial charge on any atom is 0.227 e. The summed E-state index contributed by atoms with van der Waals surface area (Å²) in [4.78, 5) is 35.6. The Balaban J connectivity index is 1.28. The largest absolute Gasteiger partial charge is 0.340 e. The normalized spacial score (nSPS) is 25.3. The van der Waals surface area contributed by atoms with Gasteiger partial charge in [0, 0.05) is 57.9 Å². The van der Waals surface area contributed by atoms with Gasteiger partial charge >= 0.3 is 0 Å². The number of nitrogens with zero attached hydrogens (tertiary/aromatic N) is 4. The molecule has 0 spiro atoms. The molecule has 1 aliphatic carbocycles. The molecule has 2 saturated heterocycles. The molecule has 2 aliphatic heterocycles. The molecule has 3 fully saturated rings. The molecule has 6 heteroatoms. The number of piperazine rings is 1. The zero-order valence-corrected chi connectivity index (χ0v) is 14.6. The van der Waals surface area contributed by atoms with Crippen LogP contribution in [0.1, 0.15) is 31.4 Å². The summed E-state index contributed by atoms with van der Waals surface area (Å²) in [5.41, 5.74) is 1.08. The molecule has 1 aromatic heterocycles. The molecule has 0 radical (unpaired) electrons. The molecule has 6 nitrogen and oxygen atoms in total. The lowest BCUT2D eigenvalue weighted by molar-refractivity contribution is -0.144. The van der Waals surface area contributed by atoms with Crippen molar-refractivity contribution in [1.82, 2.24) is 19.7 Å². The molecule has 0 unspecified atom stereocenters. The Bertz CT molecular complexity index is 624. The van der Waals surface area contributed by atoms with Crippen LogP contribution < -0.4 is 0 Å². The van der Waals surface area contributed by atoms with Crippen LogP contribution in [0.15, 0.2) is 24.4 Å². The zero-order valence-electron chi connectivity index (χ0n) is 14.6. The Kier molecular flexibility index (Phi) is 4.70. The lowest BCUT2D eigenvalue weighted by Gasteiger charge is -2.39. The average molecular weight is 342 g/mol. The van der Waals surface area contributed by atoms with E-state index in [0.29, 0.717) is 19.0 Å². The van der Waals surface area contributed by atoms with Crippen molar-refractivity contribution in [2.24, 2.45) is 5.92 Å². The molecule has 1 aromatic rings. The first-order valence-electron chi connectivity index (χ1n) is 9.41. The molecule has 3 aliphatic rings. The second-order valence-electron chi connectivity index (χ2n) is 7.44. The molecule has 0 N–H and O–H groups in total. The first-order valence-corrected chi connectivity index (χ1v) is 9.41. The molecule has 1 saturated carbocycles. The molecule has 1 atom stereocenters. The highest BCUT2D eigenvalue weighted by Gasteiger charge is 2.39. The first-order chi connectivity index (χ1) is 12.2. The van der Waals surface area contributed by atoms with E-state index in [4.69, 9.17) is 0 Å². The van der Waals surface area contributed by atoms with Gasteiger partial charge in [0.05, 0.1) is 11.6 Å². The van der Waals surface area contributed by atoms with E-state index in [-0.39, 0.29) is 17.7 Å². The van der Waals surface area contributed by atoms with Crippen molar-refractivity contribution in [3.05, 3.63) is 30.1 Å². The summed E-state index contributed by atoms with van der Waals surface area (Å²) in [7, 11) is 0. The lowest BCUT2D eigenvalue weighted by Crippen LogP contribution is -2.53. The van der Waals surface area contributed by atoms with E-state index in [9.17, 15) is 9.59 Å². The number of carbonyl (C=O) groups excluding carboxylic acids is 2. The zero-order chi connectivity index (χ0) is 17.2. The third-order valence-corrected chi connectivity index (χ3v) is 5.58. The van der Waals surface area contributed by atoms with Crippen LogP contribution in [0, 0.1) is 5.92 Å². The van der Waals surface area contributed by atoms with Gasteiger partial charge in [0.1, 0.15) is 0 Å². The Hall–Kier alpha value is -1.95. The van der Waals surface area contributed by atoms with E-state index in [0.717, 1.165) is 57.7 Å². The lowest BCUT2D eigenvalue weighted by atomic mass is 9.95. The van der Waals surface area contributed by atoms with Crippen molar-refractivity contribution < 1.29 is 9.59 Å². The number of pyridine rings is 1. The molecule has 4 rings (SSSR count). The van der Waals surface area contributed by atoms with Gasteiger partial charge in [-0.1, -0.05) is 6.07 Å². The van der Waals surface area contributed by atoms with E-state index >= 15 is 0 Å². The van der Waals surface area contributed by atoms with Crippen LogP contribution in [-0.2, 0) is 16.1 Å². The number of hydrogen-bond donors (Lipinski definition) is 0. The number of carbonyl (C=O) groups is 2. The smallest absolute Gasteiger partial charge is 0.227 e. The quantitative estimate of drug-likeness (QED) is 0.823. The van der Waals surface area contributed by atoms with Gasteiger partial charge in [0.2, 0.25) is 11.8 Å². The maximum absolute atomic E-state index is 12.9. The summed E-state index contributed by atoms with van der Waals surface area (Å²) in [5, 5.41) is 0. The standard InChI is InChI=1S/C19H26N4O2/c24-18-7-4-15(13-23(18)17-5-6-17)19(25)22-11-9-21(10-12-22)14-16-3-1-2-8-20-16/h1-3,8,15,17H,4-7,9-14H2/t15-/m1/s1. The minimum Gasteiger partial charge on any atom is -0.340 e. The Morgan fingerprint density at radius 1 is 1.12 bits per heavy atom. The van der Waals surface area contributed by atoms with Crippen molar-refractivity contribution in [3.8, 4) is 0 Å². The van der Waals surface area contributed by atoms with Crippen LogP contribution in [0.3, 0.4) is 0 Å². The minimum absolute atomic E-state index is 0.000593. The van der Waals surface area contributed by atoms with E-state index in [2.05, 4.69) is 9.88 Å². The van der Waals surface area contributed by atoms with Crippen LogP contribution in [-0.4, -0.2) is 70.3 Å². The molecular weight excluding hydrogens is 316 g/mol. The van der Waals surface area contributed by atoms with E-state index in [1.54, 1.807) is 0 Å². The average Bonchev–Trinajstić information content (AvgIpc) is 3.48. The van der Waals surface area contributed by atoms with Crippen molar-refractivity contribution in [2.75, 3.05) is 32.7 Å². The van der Waals surface area contributed by atoms with Crippen LogP contribution in [0.2, 0.25) is 0 Å². The molecule has 134 valence electrons. The van der Waals surface area contributed by atoms with Gasteiger partial charge in [-0.3, -0.25) is 19.5 Å². The molecule has 0 aromatic carbocycles. The Morgan fingerprint density at radius 3 is 2.60 bits per heavy atom. The number of piperidine rings is 1. The SMILES string of the molecule is O=C([C@@H]1CCC(=O)N(C2CC2)C1)N1CCN(Cc2ccccn2)CC1. The number of aromatic nitrogens is 1. The maximum atomic E-state index is 12.9. The van der Waals surface area contributed by atoms with Crippen LogP contribution >= 0.6 is 0 Å².